The Hall–Kier alpha value is -1.37. The number of benzene rings is 2. The third-order valence-electron chi connectivity index (χ3n) is 3.01. The Labute approximate surface area is 117 Å². The molecular formula is C16H19O2P. The van der Waals surface area contributed by atoms with Gasteiger partial charge in [-0.25, -0.2) is 0 Å². The Bertz CT molecular complexity index is 473. The van der Waals surface area contributed by atoms with Gasteiger partial charge in [-0.15, -0.1) is 0 Å². The van der Waals surface area contributed by atoms with E-state index in [1.807, 2.05) is 48.5 Å². The van der Waals surface area contributed by atoms with Crippen LogP contribution >= 0.6 is 9.47 Å². The smallest absolute Gasteiger partial charge is 0.128 e. The fourth-order valence-electron chi connectivity index (χ4n) is 2.04. The largest absolute Gasteiger partial charge is 0.485 e. The van der Waals surface area contributed by atoms with Crippen LogP contribution in [0.3, 0.4) is 0 Å². The van der Waals surface area contributed by atoms with Crippen molar-refractivity contribution >= 4 is 9.47 Å². The third-order valence-corrected chi connectivity index (χ3v) is 3.20. The van der Waals surface area contributed by atoms with Gasteiger partial charge in [0.1, 0.15) is 11.9 Å². The molecule has 3 heteroatoms. The first-order valence-corrected chi connectivity index (χ1v) is 6.86. The van der Waals surface area contributed by atoms with E-state index in [-0.39, 0.29) is 12.0 Å². The highest BCUT2D eigenvalue weighted by Crippen LogP contribution is 2.28. The molecule has 1 unspecified atom stereocenters. The van der Waals surface area contributed by atoms with Crippen LogP contribution in [0.1, 0.15) is 18.6 Å². The van der Waals surface area contributed by atoms with E-state index in [1.54, 1.807) is 0 Å². The first kappa shape index (κ1) is 14.0. The van der Waals surface area contributed by atoms with Crippen molar-refractivity contribution in [3.05, 3.63) is 66.2 Å². The van der Waals surface area contributed by atoms with Crippen LogP contribution in [0.4, 0.5) is 0 Å². The van der Waals surface area contributed by atoms with Crippen LogP contribution in [0, 0.1) is 5.92 Å². The Morgan fingerprint density at radius 3 is 2.11 bits per heavy atom. The summed E-state index contributed by atoms with van der Waals surface area (Å²) >= 11 is 0. The summed E-state index contributed by atoms with van der Waals surface area (Å²) in [7, 11) is 2.30. The van der Waals surface area contributed by atoms with Crippen LogP contribution in [0.5, 0.6) is 5.75 Å². The molecule has 0 aliphatic rings. The first-order chi connectivity index (χ1) is 9.31. The van der Waals surface area contributed by atoms with Crippen molar-refractivity contribution in [2.45, 2.75) is 13.0 Å². The topological polar surface area (TPSA) is 18.5 Å². The summed E-state index contributed by atoms with van der Waals surface area (Å²) in [5.74, 6) is 1.15. The molecule has 0 aliphatic heterocycles. The van der Waals surface area contributed by atoms with Crippen molar-refractivity contribution in [3.63, 3.8) is 0 Å². The molecule has 3 atom stereocenters. The molecule has 0 radical (unpaired) electrons. The molecule has 0 fully saturated rings. The van der Waals surface area contributed by atoms with E-state index in [9.17, 15) is 0 Å². The predicted molar refractivity (Wildman–Crippen MR) is 81.1 cm³/mol. The molecule has 0 bridgehead atoms. The van der Waals surface area contributed by atoms with Gasteiger partial charge in [-0.1, -0.05) is 55.5 Å². The lowest BCUT2D eigenvalue weighted by molar-refractivity contribution is 0.112. The van der Waals surface area contributed by atoms with E-state index in [0.717, 1.165) is 5.75 Å². The predicted octanol–water partition coefficient (Wildman–Crippen LogP) is 4.25. The van der Waals surface area contributed by atoms with E-state index in [1.165, 1.54) is 5.56 Å². The zero-order chi connectivity index (χ0) is 13.5. The van der Waals surface area contributed by atoms with Crippen LogP contribution in [-0.2, 0) is 4.52 Å². The molecule has 2 aromatic carbocycles. The van der Waals surface area contributed by atoms with Crippen LogP contribution in [0.15, 0.2) is 60.7 Å². The molecule has 0 saturated carbocycles. The summed E-state index contributed by atoms with van der Waals surface area (Å²) in [5.41, 5.74) is 1.17. The van der Waals surface area contributed by atoms with Crippen LogP contribution < -0.4 is 4.74 Å². The molecule has 0 aliphatic carbocycles. The van der Waals surface area contributed by atoms with Gasteiger partial charge in [0.2, 0.25) is 0 Å². The Balaban J connectivity index is 2.20. The standard InChI is InChI=1S/C16H19O2P/c1-13(12-17-19)16(14-8-4-2-5-9-14)18-15-10-6-3-7-11-15/h2-11,13,16H,12,19H2,1H3/t13-,16-/m1/s1. The summed E-state index contributed by atoms with van der Waals surface area (Å²) in [5, 5.41) is 0. The van der Waals surface area contributed by atoms with E-state index in [4.69, 9.17) is 9.26 Å². The summed E-state index contributed by atoms with van der Waals surface area (Å²) in [6.45, 7) is 2.77. The minimum absolute atomic E-state index is 0.0100. The molecular weight excluding hydrogens is 255 g/mol. The molecule has 0 amide bonds. The zero-order valence-corrected chi connectivity index (χ0v) is 12.2. The Kier molecular flexibility index (Phi) is 5.38. The van der Waals surface area contributed by atoms with Gasteiger partial charge >= 0.3 is 0 Å². The Morgan fingerprint density at radius 1 is 0.947 bits per heavy atom. The highest BCUT2D eigenvalue weighted by molar-refractivity contribution is 7.09. The van der Waals surface area contributed by atoms with Gasteiger partial charge in [0.25, 0.3) is 0 Å². The summed E-state index contributed by atoms with van der Waals surface area (Å²) in [6.07, 6.45) is -0.0100. The number of hydrogen-bond donors (Lipinski definition) is 0. The fourth-order valence-corrected chi connectivity index (χ4v) is 2.34. The lowest BCUT2D eigenvalue weighted by Crippen LogP contribution is -2.19. The molecule has 2 nitrogen and oxygen atoms in total. The first-order valence-electron chi connectivity index (χ1n) is 6.39. The second kappa shape index (κ2) is 7.28. The summed E-state index contributed by atoms with van der Waals surface area (Å²) in [4.78, 5) is 0. The van der Waals surface area contributed by atoms with Crippen molar-refractivity contribution in [2.75, 3.05) is 6.61 Å². The maximum Gasteiger partial charge on any atom is 0.128 e. The van der Waals surface area contributed by atoms with E-state index in [2.05, 4.69) is 28.5 Å². The maximum absolute atomic E-state index is 6.13. The van der Waals surface area contributed by atoms with Crippen LogP contribution in [0.2, 0.25) is 0 Å². The zero-order valence-electron chi connectivity index (χ0n) is 11.0. The molecule has 0 spiro atoms. The van der Waals surface area contributed by atoms with Gasteiger partial charge in [0.15, 0.2) is 0 Å². The van der Waals surface area contributed by atoms with Gasteiger partial charge in [-0.3, -0.25) is 0 Å². The maximum atomic E-state index is 6.13. The summed E-state index contributed by atoms with van der Waals surface area (Å²) < 4.78 is 11.3. The SMILES string of the molecule is C[C@H](COP)[C@@H](Oc1ccccc1)c1ccccc1. The molecule has 0 N–H and O–H groups in total. The highest BCUT2D eigenvalue weighted by atomic mass is 31.0. The van der Waals surface area contributed by atoms with Gasteiger partial charge in [0.05, 0.1) is 6.61 Å². The minimum Gasteiger partial charge on any atom is -0.485 e. The fraction of sp³-hybridized carbons (Fsp3) is 0.250. The van der Waals surface area contributed by atoms with E-state index < -0.39 is 0 Å². The molecule has 2 aromatic rings. The van der Waals surface area contributed by atoms with Crippen molar-refractivity contribution in [2.24, 2.45) is 5.92 Å². The quantitative estimate of drug-likeness (QED) is 0.733. The molecule has 2 rings (SSSR count). The van der Waals surface area contributed by atoms with E-state index >= 15 is 0 Å². The average Bonchev–Trinajstić information content (AvgIpc) is 2.47. The second-order valence-electron chi connectivity index (χ2n) is 4.57. The normalized spacial score (nSPS) is 13.8. The second-order valence-corrected chi connectivity index (χ2v) is 4.91. The minimum atomic E-state index is -0.0100. The molecule has 19 heavy (non-hydrogen) atoms. The van der Waals surface area contributed by atoms with Gasteiger partial charge in [0, 0.05) is 15.4 Å². The van der Waals surface area contributed by atoms with Crippen molar-refractivity contribution in [3.8, 4) is 5.75 Å². The molecule has 0 aromatic heterocycles. The van der Waals surface area contributed by atoms with Crippen molar-refractivity contribution in [1.82, 2.24) is 0 Å². The van der Waals surface area contributed by atoms with Crippen molar-refractivity contribution < 1.29 is 9.26 Å². The average molecular weight is 274 g/mol. The monoisotopic (exact) mass is 274 g/mol. The molecule has 100 valence electrons. The van der Waals surface area contributed by atoms with Crippen LogP contribution in [0.25, 0.3) is 0 Å². The number of rotatable bonds is 6. The number of para-hydroxylation sites is 1. The highest BCUT2D eigenvalue weighted by Gasteiger charge is 2.21. The van der Waals surface area contributed by atoms with Crippen molar-refractivity contribution in [1.29, 1.82) is 0 Å². The van der Waals surface area contributed by atoms with Gasteiger partial charge in [-0.05, 0) is 17.7 Å². The summed E-state index contributed by atoms with van der Waals surface area (Å²) in [6, 6.07) is 20.2. The van der Waals surface area contributed by atoms with Crippen LogP contribution in [-0.4, -0.2) is 6.61 Å². The lowest BCUT2D eigenvalue weighted by atomic mass is 9.98. The van der Waals surface area contributed by atoms with Gasteiger partial charge in [-0.2, -0.15) is 0 Å². The Morgan fingerprint density at radius 2 is 1.53 bits per heavy atom. The number of hydrogen-bond acceptors (Lipinski definition) is 2. The molecule has 0 saturated heterocycles. The van der Waals surface area contributed by atoms with Gasteiger partial charge < -0.3 is 9.26 Å². The molecule has 0 heterocycles. The number of ether oxygens (including phenoxy) is 1. The lowest BCUT2D eigenvalue weighted by Gasteiger charge is -2.25. The third kappa shape index (κ3) is 4.05. The van der Waals surface area contributed by atoms with E-state index in [0.29, 0.717) is 6.61 Å².